The molecular weight excluding hydrogens is 256 g/mol. The van der Waals surface area contributed by atoms with Crippen molar-refractivity contribution < 1.29 is 9.53 Å². The zero-order chi connectivity index (χ0) is 14.4. The number of hydrogen-bond acceptors (Lipinski definition) is 4. The Hall–Kier alpha value is -1.40. The molecular formula is C14H24N4O2. The third-order valence-electron chi connectivity index (χ3n) is 3.43. The van der Waals surface area contributed by atoms with Crippen LogP contribution in [-0.2, 0) is 4.74 Å². The fourth-order valence-corrected chi connectivity index (χ4v) is 2.61. The molecule has 2 rings (SSSR count). The van der Waals surface area contributed by atoms with Crippen molar-refractivity contribution in [3.8, 4) is 0 Å². The summed E-state index contributed by atoms with van der Waals surface area (Å²) in [5.41, 5.74) is 0.515. The Morgan fingerprint density at radius 3 is 2.85 bits per heavy atom. The van der Waals surface area contributed by atoms with Crippen LogP contribution in [0.25, 0.3) is 0 Å². The molecule has 20 heavy (non-hydrogen) atoms. The molecule has 0 aliphatic carbocycles. The van der Waals surface area contributed by atoms with E-state index in [0.717, 1.165) is 32.5 Å². The quantitative estimate of drug-likeness (QED) is 0.764. The fourth-order valence-electron chi connectivity index (χ4n) is 2.61. The number of carbonyl (C=O) groups is 1. The number of carbonyl (C=O) groups excluding carboxylic acids is 1. The number of hydrogen-bond donors (Lipinski definition) is 2. The van der Waals surface area contributed by atoms with Gasteiger partial charge >= 0.3 is 0 Å². The number of nitrogens with zero attached hydrogens (tertiary/aromatic N) is 2. The first-order chi connectivity index (χ1) is 9.65. The number of nitrogens with one attached hydrogen (secondary N) is 2. The maximum Gasteiger partial charge on any atom is 0.269 e. The molecule has 0 saturated carbocycles. The first-order valence-electron chi connectivity index (χ1n) is 7.30. The Balaban J connectivity index is 1.56. The van der Waals surface area contributed by atoms with E-state index in [1.54, 1.807) is 12.3 Å². The second-order valence-electron chi connectivity index (χ2n) is 5.45. The van der Waals surface area contributed by atoms with Gasteiger partial charge in [0.1, 0.15) is 5.69 Å². The third kappa shape index (κ3) is 4.61. The minimum Gasteiger partial charge on any atom is -0.373 e. The molecule has 1 aromatic heterocycles. The van der Waals surface area contributed by atoms with Gasteiger partial charge in [0.2, 0.25) is 0 Å². The molecule has 1 amide bonds. The van der Waals surface area contributed by atoms with E-state index < -0.39 is 0 Å². The maximum atomic E-state index is 11.6. The SMILES string of the molecule is C[C@H]1CN(CCCCNC(=O)c2ccn[nH]2)C[C@H](C)O1. The Morgan fingerprint density at radius 1 is 1.45 bits per heavy atom. The Labute approximate surface area is 119 Å². The van der Waals surface area contributed by atoms with Gasteiger partial charge in [-0.3, -0.25) is 14.8 Å². The van der Waals surface area contributed by atoms with Crippen LogP contribution in [0.4, 0.5) is 0 Å². The van der Waals surface area contributed by atoms with Crippen LogP contribution in [0.1, 0.15) is 37.2 Å². The number of H-pyrrole nitrogens is 1. The van der Waals surface area contributed by atoms with E-state index in [-0.39, 0.29) is 5.91 Å². The van der Waals surface area contributed by atoms with Crippen molar-refractivity contribution in [2.45, 2.75) is 38.9 Å². The van der Waals surface area contributed by atoms with Gasteiger partial charge < -0.3 is 10.1 Å². The van der Waals surface area contributed by atoms with Gasteiger partial charge in [0, 0.05) is 25.8 Å². The van der Waals surface area contributed by atoms with Crippen molar-refractivity contribution in [3.63, 3.8) is 0 Å². The molecule has 1 aliphatic heterocycles. The summed E-state index contributed by atoms with van der Waals surface area (Å²) in [5, 5.41) is 9.30. The molecule has 0 aromatic carbocycles. The number of aromatic nitrogens is 2. The standard InChI is InChI=1S/C14H24N4O2/c1-11-9-18(10-12(2)20-11)8-4-3-6-15-14(19)13-5-7-16-17-13/h5,7,11-12H,3-4,6,8-10H2,1-2H3,(H,15,19)(H,16,17)/t11-,12-/m0/s1. The number of unbranched alkanes of at least 4 members (excludes halogenated alkanes) is 1. The van der Waals surface area contributed by atoms with E-state index in [4.69, 9.17) is 4.74 Å². The van der Waals surface area contributed by atoms with E-state index in [0.29, 0.717) is 24.4 Å². The first-order valence-corrected chi connectivity index (χ1v) is 7.30. The van der Waals surface area contributed by atoms with Gasteiger partial charge in [0.25, 0.3) is 5.91 Å². The van der Waals surface area contributed by atoms with Crippen LogP contribution < -0.4 is 5.32 Å². The predicted octanol–water partition coefficient (Wildman–Crippen LogP) is 1.03. The lowest BCUT2D eigenvalue weighted by molar-refractivity contribution is -0.0681. The minimum absolute atomic E-state index is 0.0869. The van der Waals surface area contributed by atoms with Crippen LogP contribution in [0.15, 0.2) is 12.3 Å². The van der Waals surface area contributed by atoms with Gasteiger partial charge in [0.15, 0.2) is 0 Å². The maximum absolute atomic E-state index is 11.6. The summed E-state index contributed by atoms with van der Waals surface area (Å²) >= 11 is 0. The summed E-state index contributed by atoms with van der Waals surface area (Å²) in [6.45, 7) is 8.02. The topological polar surface area (TPSA) is 70.2 Å². The van der Waals surface area contributed by atoms with E-state index in [1.807, 2.05) is 0 Å². The number of amides is 1. The number of aromatic amines is 1. The smallest absolute Gasteiger partial charge is 0.269 e. The van der Waals surface area contributed by atoms with Crippen LogP contribution >= 0.6 is 0 Å². The molecule has 1 fully saturated rings. The zero-order valence-corrected chi connectivity index (χ0v) is 12.3. The number of morpholine rings is 1. The largest absolute Gasteiger partial charge is 0.373 e. The molecule has 2 atom stereocenters. The van der Waals surface area contributed by atoms with Crippen molar-refractivity contribution in [3.05, 3.63) is 18.0 Å². The van der Waals surface area contributed by atoms with Crippen LogP contribution in [0.3, 0.4) is 0 Å². The van der Waals surface area contributed by atoms with Crippen LogP contribution in [-0.4, -0.2) is 59.4 Å². The van der Waals surface area contributed by atoms with Gasteiger partial charge in [-0.2, -0.15) is 5.10 Å². The van der Waals surface area contributed by atoms with Gasteiger partial charge in [-0.15, -0.1) is 0 Å². The number of rotatable bonds is 6. The normalized spacial score (nSPS) is 23.7. The Bertz CT molecular complexity index is 397. The molecule has 1 aromatic rings. The predicted molar refractivity (Wildman–Crippen MR) is 76.6 cm³/mol. The summed E-state index contributed by atoms with van der Waals surface area (Å²) in [6, 6.07) is 1.67. The van der Waals surface area contributed by atoms with Crippen LogP contribution in [0.2, 0.25) is 0 Å². The molecule has 1 saturated heterocycles. The van der Waals surface area contributed by atoms with Crippen molar-refractivity contribution in [2.75, 3.05) is 26.2 Å². The third-order valence-corrected chi connectivity index (χ3v) is 3.43. The van der Waals surface area contributed by atoms with Crippen molar-refractivity contribution >= 4 is 5.91 Å². The monoisotopic (exact) mass is 280 g/mol. The molecule has 0 spiro atoms. The highest BCUT2D eigenvalue weighted by Gasteiger charge is 2.21. The average Bonchev–Trinajstić information content (AvgIpc) is 2.90. The molecule has 2 heterocycles. The van der Waals surface area contributed by atoms with Crippen LogP contribution in [0, 0.1) is 0 Å². The van der Waals surface area contributed by atoms with Crippen LogP contribution in [0.5, 0.6) is 0 Å². The van der Waals surface area contributed by atoms with E-state index in [2.05, 4.69) is 34.3 Å². The molecule has 6 nitrogen and oxygen atoms in total. The van der Waals surface area contributed by atoms with Crippen molar-refractivity contribution in [1.82, 2.24) is 20.4 Å². The second-order valence-corrected chi connectivity index (χ2v) is 5.45. The molecule has 0 unspecified atom stereocenters. The molecule has 0 bridgehead atoms. The lowest BCUT2D eigenvalue weighted by atomic mass is 10.2. The highest BCUT2D eigenvalue weighted by atomic mass is 16.5. The summed E-state index contributed by atoms with van der Waals surface area (Å²) in [6.07, 6.45) is 4.29. The highest BCUT2D eigenvalue weighted by Crippen LogP contribution is 2.11. The highest BCUT2D eigenvalue weighted by molar-refractivity contribution is 5.91. The summed E-state index contributed by atoms with van der Waals surface area (Å²) in [5.74, 6) is -0.0869. The molecule has 0 radical (unpaired) electrons. The summed E-state index contributed by atoms with van der Waals surface area (Å²) in [4.78, 5) is 14.1. The van der Waals surface area contributed by atoms with Gasteiger partial charge in [-0.05, 0) is 39.3 Å². The molecule has 2 N–H and O–H groups in total. The number of ether oxygens (including phenoxy) is 1. The molecule has 112 valence electrons. The lowest BCUT2D eigenvalue weighted by Gasteiger charge is -2.35. The average molecular weight is 280 g/mol. The lowest BCUT2D eigenvalue weighted by Crippen LogP contribution is -2.45. The van der Waals surface area contributed by atoms with E-state index >= 15 is 0 Å². The van der Waals surface area contributed by atoms with Crippen molar-refractivity contribution in [1.29, 1.82) is 0 Å². The van der Waals surface area contributed by atoms with Gasteiger partial charge in [-0.25, -0.2) is 0 Å². The molecule has 6 heteroatoms. The summed E-state index contributed by atoms with van der Waals surface area (Å²) < 4.78 is 5.71. The van der Waals surface area contributed by atoms with E-state index in [1.165, 1.54) is 0 Å². The molecule has 1 aliphatic rings. The minimum atomic E-state index is -0.0869. The first kappa shape index (κ1) is 15.0. The van der Waals surface area contributed by atoms with Gasteiger partial charge in [0.05, 0.1) is 12.2 Å². The van der Waals surface area contributed by atoms with E-state index in [9.17, 15) is 4.79 Å². The second kappa shape index (κ2) is 7.40. The van der Waals surface area contributed by atoms with Gasteiger partial charge in [-0.1, -0.05) is 0 Å². The zero-order valence-electron chi connectivity index (χ0n) is 12.3. The Morgan fingerprint density at radius 2 is 2.20 bits per heavy atom. The Kier molecular flexibility index (Phi) is 5.55. The fraction of sp³-hybridized carbons (Fsp3) is 0.714. The summed E-state index contributed by atoms with van der Waals surface area (Å²) in [7, 11) is 0. The van der Waals surface area contributed by atoms with Crippen molar-refractivity contribution in [2.24, 2.45) is 0 Å².